The molecule has 0 amide bonds. The second-order valence-electron chi connectivity index (χ2n) is 4.23. The Hall–Kier alpha value is -1.97. The van der Waals surface area contributed by atoms with Crippen LogP contribution in [0.1, 0.15) is 0 Å². The fourth-order valence-electron chi connectivity index (χ4n) is 1.97. The van der Waals surface area contributed by atoms with Crippen molar-refractivity contribution in [1.29, 1.82) is 0 Å². The third kappa shape index (κ3) is 2.05. The van der Waals surface area contributed by atoms with E-state index in [4.69, 9.17) is 27.6 Å². The van der Waals surface area contributed by atoms with Gasteiger partial charge in [-0.2, -0.15) is 0 Å². The maximum atomic E-state index is 12.1. The molecule has 0 aliphatic carbocycles. The summed E-state index contributed by atoms with van der Waals surface area (Å²) in [5.74, 6) is 0.166. The van der Waals surface area contributed by atoms with Gasteiger partial charge in [0.15, 0.2) is 11.0 Å². The molecular formula is C15H8Cl2O3. The van der Waals surface area contributed by atoms with Crippen LogP contribution in [0.2, 0.25) is 10.0 Å². The van der Waals surface area contributed by atoms with Crippen LogP contribution in [-0.2, 0) is 0 Å². The van der Waals surface area contributed by atoms with Crippen molar-refractivity contribution in [2.75, 3.05) is 0 Å². The first-order valence-corrected chi connectivity index (χ1v) is 6.54. The van der Waals surface area contributed by atoms with Gasteiger partial charge in [0.2, 0.25) is 0 Å². The van der Waals surface area contributed by atoms with E-state index in [0.29, 0.717) is 21.7 Å². The SMILES string of the molecule is O=c1cc(-c2ccccc2Cl)oc2c(Cl)c(O)ccc12. The molecule has 0 radical (unpaired) electrons. The lowest BCUT2D eigenvalue weighted by Crippen LogP contribution is -2.00. The van der Waals surface area contributed by atoms with Crippen LogP contribution >= 0.6 is 23.2 Å². The number of hydrogen-bond acceptors (Lipinski definition) is 3. The number of benzene rings is 2. The van der Waals surface area contributed by atoms with E-state index < -0.39 is 0 Å². The largest absolute Gasteiger partial charge is 0.506 e. The van der Waals surface area contributed by atoms with E-state index in [1.165, 1.54) is 18.2 Å². The van der Waals surface area contributed by atoms with E-state index in [1.807, 2.05) is 0 Å². The summed E-state index contributed by atoms with van der Waals surface area (Å²) in [6, 6.07) is 11.2. The van der Waals surface area contributed by atoms with Gasteiger partial charge in [0.25, 0.3) is 0 Å². The first-order chi connectivity index (χ1) is 9.58. The molecule has 0 aliphatic heterocycles. The second kappa shape index (κ2) is 4.85. The van der Waals surface area contributed by atoms with Crippen molar-refractivity contribution in [3.05, 3.63) is 62.7 Å². The predicted octanol–water partition coefficient (Wildman–Crippen LogP) is 4.47. The average Bonchev–Trinajstić information content (AvgIpc) is 2.43. The lowest BCUT2D eigenvalue weighted by molar-refractivity contribution is 0.474. The molecule has 0 saturated carbocycles. The molecule has 20 heavy (non-hydrogen) atoms. The molecule has 3 nitrogen and oxygen atoms in total. The number of aromatic hydroxyl groups is 1. The van der Waals surface area contributed by atoms with Gasteiger partial charge in [-0.3, -0.25) is 4.79 Å². The molecule has 1 heterocycles. The maximum Gasteiger partial charge on any atom is 0.193 e. The minimum atomic E-state index is -0.247. The maximum absolute atomic E-state index is 12.1. The normalized spacial score (nSPS) is 10.9. The minimum Gasteiger partial charge on any atom is -0.506 e. The van der Waals surface area contributed by atoms with Crippen molar-refractivity contribution >= 4 is 34.2 Å². The summed E-state index contributed by atoms with van der Waals surface area (Å²) in [5, 5.41) is 10.4. The fourth-order valence-corrected chi connectivity index (χ4v) is 2.40. The molecule has 1 aromatic heterocycles. The van der Waals surface area contributed by atoms with E-state index in [2.05, 4.69) is 0 Å². The molecule has 5 heteroatoms. The average molecular weight is 307 g/mol. The van der Waals surface area contributed by atoms with Crippen molar-refractivity contribution in [3.63, 3.8) is 0 Å². The zero-order valence-corrected chi connectivity index (χ0v) is 11.6. The van der Waals surface area contributed by atoms with Crippen LogP contribution in [-0.4, -0.2) is 5.11 Å². The molecule has 0 atom stereocenters. The van der Waals surface area contributed by atoms with Crippen LogP contribution in [0, 0.1) is 0 Å². The van der Waals surface area contributed by atoms with E-state index in [1.54, 1.807) is 24.3 Å². The molecule has 3 aromatic rings. The standard InChI is InChI=1S/C15H8Cl2O3/c16-10-4-2-1-3-8(10)13-7-12(19)9-5-6-11(18)14(17)15(9)20-13/h1-7,18H. The van der Waals surface area contributed by atoms with Gasteiger partial charge < -0.3 is 9.52 Å². The quantitative estimate of drug-likeness (QED) is 0.721. The Kier molecular flexibility index (Phi) is 3.16. The van der Waals surface area contributed by atoms with Crippen LogP contribution in [0.15, 0.2) is 51.7 Å². The van der Waals surface area contributed by atoms with Gasteiger partial charge in [0.05, 0.1) is 10.4 Å². The summed E-state index contributed by atoms with van der Waals surface area (Å²) in [6.07, 6.45) is 0. The monoisotopic (exact) mass is 306 g/mol. The molecule has 1 N–H and O–H groups in total. The Bertz CT molecular complexity index is 869. The van der Waals surface area contributed by atoms with E-state index in [0.717, 1.165) is 0 Å². The number of phenols is 1. The topological polar surface area (TPSA) is 50.4 Å². The van der Waals surface area contributed by atoms with Gasteiger partial charge in [0, 0.05) is 11.6 Å². The third-order valence-corrected chi connectivity index (χ3v) is 3.65. The molecule has 100 valence electrons. The lowest BCUT2D eigenvalue weighted by Gasteiger charge is -2.06. The Morgan fingerprint density at radius 3 is 2.55 bits per heavy atom. The molecular weight excluding hydrogens is 299 g/mol. The van der Waals surface area contributed by atoms with Crippen LogP contribution in [0.25, 0.3) is 22.3 Å². The van der Waals surface area contributed by atoms with Gasteiger partial charge in [-0.1, -0.05) is 35.3 Å². The highest BCUT2D eigenvalue weighted by Gasteiger charge is 2.13. The third-order valence-electron chi connectivity index (χ3n) is 2.96. The van der Waals surface area contributed by atoms with Gasteiger partial charge >= 0.3 is 0 Å². The van der Waals surface area contributed by atoms with E-state index in [9.17, 15) is 9.90 Å². The highest BCUT2D eigenvalue weighted by Crippen LogP contribution is 2.34. The van der Waals surface area contributed by atoms with E-state index >= 15 is 0 Å². The van der Waals surface area contributed by atoms with Crippen molar-refractivity contribution in [2.24, 2.45) is 0 Å². The van der Waals surface area contributed by atoms with Gasteiger partial charge in [-0.25, -0.2) is 0 Å². The first-order valence-electron chi connectivity index (χ1n) is 5.78. The molecule has 0 aliphatic rings. The number of rotatable bonds is 1. The number of halogens is 2. The lowest BCUT2D eigenvalue weighted by atomic mass is 10.1. The Balaban J connectivity index is 2.38. The van der Waals surface area contributed by atoms with Crippen LogP contribution in [0.3, 0.4) is 0 Å². The zero-order valence-electron chi connectivity index (χ0n) is 10.1. The van der Waals surface area contributed by atoms with Gasteiger partial charge in [0.1, 0.15) is 16.5 Å². The zero-order chi connectivity index (χ0) is 14.3. The van der Waals surface area contributed by atoms with E-state index in [-0.39, 0.29) is 21.8 Å². The Morgan fingerprint density at radius 1 is 1.05 bits per heavy atom. The summed E-state index contributed by atoms with van der Waals surface area (Å²) in [4.78, 5) is 12.1. The highest BCUT2D eigenvalue weighted by molar-refractivity contribution is 6.36. The van der Waals surface area contributed by atoms with Crippen molar-refractivity contribution < 1.29 is 9.52 Å². The van der Waals surface area contributed by atoms with Crippen LogP contribution in [0.5, 0.6) is 5.75 Å². The molecule has 0 unspecified atom stereocenters. The molecule has 0 bridgehead atoms. The summed E-state index contributed by atoms with van der Waals surface area (Å²) in [7, 11) is 0. The molecule has 2 aromatic carbocycles. The smallest absolute Gasteiger partial charge is 0.193 e. The minimum absolute atomic E-state index is 0.00787. The van der Waals surface area contributed by atoms with Crippen molar-refractivity contribution in [3.8, 4) is 17.1 Å². The molecule has 0 spiro atoms. The summed E-state index contributed by atoms with van der Waals surface area (Å²) in [5.41, 5.74) is 0.490. The molecule has 0 fully saturated rings. The second-order valence-corrected chi connectivity index (χ2v) is 5.02. The molecule has 3 rings (SSSR count). The van der Waals surface area contributed by atoms with Crippen LogP contribution < -0.4 is 5.43 Å². The summed E-state index contributed by atoms with van der Waals surface area (Å²) >= 11 is 12.1. The van der Waals surface area contributed by atoms with Crippen LogP contribution in [0.4, 0.5) is 0 Å². The predicted molar refractivity (Wildman–Crippen MR) is 79.6 cm³/mol. The number of phenolic OH excluding ortho intramolecular Hbond substituents is 1. The fraction of sp³-hybridized carbons (Fsp3) is 0. The number of hydrogen-bond donors (Lipinski definition) is 1. The van der Waals surface area contributed by atoms with Gasteiger partial charge in [-0.15, -0.1) is 0 Å². The highest BCUT2D eigenvalue weighted by atomic mass is 35.5. The van der Waals surface area contributed by atoms with Crippen molar-refractivity contribution in [1.82, 2.24) is 0 Å². The van der Waals surface area contributed by atoms with Gasteiger partial charge in [-0.05, 0) is 24.3 Å². The Labute approximate surface area is 124 Å². The Morgan fingerprint density at radius 2 is 1.80 bits per heavy atom. The summed E-state index contributed by atoms with van der Waals surface area (Å²) in [6.45, 7) is 0. The molecule has 0 saturated heterocycles. The summed E-state index contributed by atoms with van der Waals surface area (Å²) < 4.78 is 5.64. The van der Waals surface area contributed by atoms with Crippen molar-refractivity contribution in [2.45, 2.75) is 0 Å². The first kappa shape index (κ1) is 13.0. The number of fused-ring (bicyclic) bond motifs is 1.